The van der Waals surface area contributed by atoms with Gasteiger partial charge in [-0.3, -0.25) is 4.79 Å². The first-order valence-electron chi connectivity index (χ1n) is 7.84. The molecule has 0 spiro atoms. The van der Waals surface area contributed by atoms with Crippen LogP contribution in [0.25, 0.3) is 0 Å². The lowest BCUT2D eigenvalue weighted by Crippen LogP contribution is -2.50. The molecule has 1 aromatic carbocycles. The molecule has 1 atom stereocenters. The van der Waals surface area contributed by atoms with Gasteiger partial charge in [-0.1, -0.05) is 29.4 Å². The Labute approximate surface area is 150 Å². The number of amides is 1. The molecule has 0 bridgehead atoms. The topological polar surface area (TPSA) is 54.3 Å². The molecule has 2 aromatic rings. The van der Waals surface area contributed by atoms with Crippen LogP contribution in [0.1, 0.15) is 6.92 Å². The van der Waals surface area contributed by atoms with Crippen molar-refractivity contribution >= 4 is 35.0 Å². The number of aryl methyl sites for hydroxylation is 1. The van der Waals surface area contributed by atoms with Crippen molar-refractivity contribution in [2.45, 2.75) is 17.3 Å². The number of carbonyl (C=O) groups is 1. The number of thioether (sulfide) groups is 1. The number of benzene rings is 1. The SMILES string of the molecule is CC(Sc1nncn1C)C(=O)N1CCN(c2cccc(Cl)c2)CC1. The predicted molar refractivity (Wildman–Crippen MR) is 96.6 cm³/mol. The van der Waals surface area contributed by atoms with E-state index >= 15 is 0 Å². The van der Waals surface area contributed by atoms with Crippen molar-refractivity contribution in [3.63, 3.8) is 0 Å². The maximum Gasteiger partial charge on any atom is 0.236 e. The molecule has 2 heterocycles. The number of anilines is 1. The first-order chi connectivity index (χ1) is 11.5. The number of carbonyl (C=O) groups excluding carboxylic acids is 1. The van der Waals surface area contributed by atoms with Crippen LogP contribution >= 0.6 is 23.4 Å². The molecule has 128 valence electrons. The molecule has 24 heavy (non-hydrogen) atoms. The summed E-state index contributed by atoms with van der Waals surface area (Å²) in [6, 6.07) is 7.84. The van der Waals surface area contributed by atoms with Crippen LogP contribution in [-0.2, 0) is 11.8 Å². The van der Waals surface area contributed by atoms with Gasteiger partial charge in [0.15, 0.2) is 5.16 Å². The second-order valence-corrected chi connectivity index (χ2v) is 7.52. The molecule has 0 aliphatic carbocycles. The van der Waals surface area contributed by atoms with Crippen LogP contribution in [0.5, 0.6) is 0 Å². The summed E-state index contributed by atoms with van der Waals surface area (Å²) in [5.74, 6) is 0.147. The fourth-order valence-corrected chi connectivity index (χ4v) is 3.76. The lowest BCUT2D eigenvalue weighted by molar-refractivity contribution is -0.130. The molecule has 1 unspecified atom stereocenters. The Balaban J connectivity index is 1.56. The zero-order valence-electron chi connectivity index (χ0n) is 13.7. The van der Waals surface area contributed by atoms with Gasteiger partial charge in [-0.2, -0.15) is 0 Å². The van der Waals surface area contributed by atoms with Gasteiger partial charge in [0.2, 0.25) is 5.91 Å². The van der Waals surface area contributed by atoms with Crippen molar-refractivity contribution in [3.05, 3.63) is 35.6 Å². The molecule has 1 aliphatic heterocycles. The molecule has 3 rings (SSSR count). The zero-order chi connectivity index (χ0) is 17.1. The third-order valence-corrected chi connectivity index (χ3v) is 5.44. The Kier molecular flexibility index (Phi) is 5.30. The van der Waals surface area contributed by atoms with Crippen LogP contribution in [0.15, 0.2) is 35.7 Å². The second kappa shape index (κ2) is 7.44. The molecule has 1 fully saturated rings. The first-order valence-corrected chi connectivity index (χ1v) is 9.10. The Morgan fingerprint density at radius 3 is 2.67 bits per heavy atom. The minimum absolute atomic E-state index is 0.147. The summed E-state index contributed by atoms with van der Waals surface area (Å²) in [5, 5.41) is 9.19. The van der Waals surface area contributed by atoms with E-state index in [0.717, 1.165) is 42.0 Å². The van der Waals surface area contributed by atoms with Gasteiger partial charge in [-0.05, 0) is 25.1 Å². The molecule has 0 radical (unpaired) electrons. The maximum absolute atomic E-state index is 12.6. The van der Waals surface area contributed by atoms with Crippen molar-refractivity contribution < 1.29 is 4.79 Å². The minimum atomic E-state index is -0.175. The van der Waals surface area contributed by atoms with Gasteiger partial charge in [0.25, 0.3) is 0 Å². The number of hydrogen-bond acceptors (Lipinski definition) is 5. The predicted octanol–water partition coefficient (Wildman–Crippen LogP) is 2.30. The van der Waals surface area contributed by atoms with Gasteiger partial charge in [-0.15, -0.1) is 10.2 Å². The van der Waals surface area contributed by atoms with Crippen LogP contribution in [0.4, 0.5) is 5.69 Å². The van der Waals surface area contributed by atoms with E-state index in [1.807, 2.05) is 41.6 Å². The smallest absolute Gasteiger partial charge is 0.236 e. The molecule has 1 saturated heterocycles. The summed E-state index contributed by atoms with van der Waals surface area (Å²) in [7, 11) is 1.88. The number of nitrogens with zero attached hydrogens (tertiary/aromatic N) is 5. The summed E-state index contributed by atoms with van der Waals surface area (Å²) >= 11 is 7.50. The Morgan fingerprint density at radius 1 is 1.29 bits per heavy atom. The van der Waals surface area contributed by atoms with Crippen molar-refractivity contribution in [2.24, 2.45) is 7.05 Å². The van der Waals surface area contributed by atoms with E-state index in [2.05, 4.69) is 21.2 Å². The quantitative estimate of drug-likeness (QED) is 0.778. The molecule has 0 N–H and O–H groups in total. The Bertz CT molecular complexity index is 714. The summed E-state index contributed by atoms with van der Waals surface area (Å²) in [4.78, 5) is 16.8. The molecular formula is C16H20ClN5OS. The van der Waals surface area contributed by atoms with E-state index in [4.69, 9.17) is 11.6 Å². The molecule has 1 aliphatic rings. The summed E-state index contributed by atoms with van der Waals surface area (Å²) in [6.07, 6.45) is 1.64. The summed E-state index contributed by atoms with van der Waals surface area (Å²) in [6.45, 7) is 4.98. The lowest BCUT2D eigenvalue weighted by atomic mass is 10.2. The van der Waals surface area contributed by atoms with E-state index in [1.165, 1.54) is 11.8 Å². The first kappa shape index (κ1) is 17.1. The molecule has 1 amide bonds. The van der Waals surface area contributed by atoms with Gasteiger partial charge < -0.3 is 14.4 Å². The molecule has 8 heteroatoms. The monoisotopic (exact) mass is 365 g/mol. The number of rotatable bonds is 4. The fraction of sp³-hybridized carbons (Fsp3) is 0.438. The highest BCUT2D eigenvalue weighted by molar-refractivity contribution is 8.00. The largest absolute Gasteiger partial charge is 0.368 e. The number of halogens is 1. The van der Waals surface area contributed by atoms with Crippen LogP contribution in [-0.4, -0.2) is 57.0 Å². The van der Waals surface area contributed by atoms with E-state index in [0.29, 0.717) is 0 Å². The van der Waals surface area contributed by atoms with Gasteiger partial charge in [-0.25, -0.2) is 0 Å². The lowest BCUT2D eigenvalue weighted by Gasteiger charge is -2.37. The molecular weight excluding hydrogens is 346 g/mol. The zero-order valence-corrected chi connectivity index (χ0v) is 15.3. The van der Waals surface area contributed by atoms with Crippen molar-refractivity contribution in [3.8, 4) is 0 Å². The van der Waals surface area contributed by atoms with Crippen LogP contribution in [0.3, 0.4) is 0 Å². The van der Waals surface area contributed by atoms with Gasteiger partial charge in [0.05, 0.1) is 5.25 Å². The van der Waals surface area contributed by atoms with E-state index in [-0.39, 0.29) is 11.2 Å². The summed E-state index contributed by atoms with van der Waals surface area (Å²) < 4.78 is 1.82. The van der Waals surface area contributed by atoms with Gasteiger partial charge >= 0.3 is 0 Å². The Morgan fingerprint density at radius 2 is 2.04 bits per heavy atom. The number of aromatic nitrogens is 3. The van der Waals surface area contributed by atoms with Gasteiger partial charge in [0, 0.05) is 43.9 Å². The number of hydrogen-bond donors (Lipinski definition) is 0. The van der Waals surface area contributed by atoms with Crippen molar-refractivity contribution in [1.29, 1.82) is 0 Å². The third-order valence-electron chi connectivity index (χ3n) is 4.06. The van der Waals surface area contributed by atoms with E-state index < -0.39 is 0 Å². The van der Waals surface area contributed by atoms with Gasteiger partial charge in [0.1, 0.15) is 6.33 Å². The maximum atomic E-state index is 12.6. The second-order valence-electron chi connectivity index (χ2n) is 5.78. The fourth-order valence-electron chi connectivity index (χ4n) is 2.70. The average Bonchev–Trinajstić information content (AvgIpc) is 2.99. The standard InChI is InChI=1S/C16H20ClN5OS/c1-12(24-16-19-18-11-20(16)2)15(23)22-8-6-21(7-9-22)14-5-3-4-13(17)10-14/h3-5,10-12H,6-9H2,1-2H3. The van der Waals surface area contributed by atoms with Crippen molar-refractivity contribution in [2.75, 3.05) is 31.1 Å². The van der Waals surface area contributed by atoms with E-state index in [9.17, 15) is 4.79 Å². The van der Waals surface area contributed by atoms with Crippen LogP contribution < -0.4 is 4.90 Å². The highest BCUT2D eigenvalue weighted by Crippen LogP contribution is 2.24. The van der Waals surface area contributed by atoms with E-state index in [1.54, 1.807) is 6.33 Å². The molecule has 1 aromatic heterocycles. The molecule has 0 saturated carbocycles. The highest BCUT2D eigenvalue weighted by Gasteiger charge is 2.26. The highest BCUT2D eigenvalue weighted by atomic mass is 35.5. The number of piperazine rings is 1. The summed E-state index contributed by atoms with van der Waals surface area (Å²) in [5.41, 5.74) is 1.11. The molecule has 6 nitrogen and oxygen atoms in total. The third kappa shape index (κ3) is 3.84. The Hall–Kier alpha value is -1.73. The van der Waals surface area contributed by atoms with Crippen LogP contribution in [0.2, 0.25) is 5.02 Å². The minimum Gasteiger partial charge on any atom is -0.368 e. The average molecular weight is 366 g/mol. The van der Waals surface area contributed by atoms with Crippen molar-refractivity contribution in [1.82, 2.24) is 19.7 Å². The van der Waals surface area contributed by atoms with Crippen LogP contribution in [0, 0.1) is 0 Å². The normalized spacial score (nSPS) is 16.3.